The summed E-state index contributed by atoms with van der Waals surface area (Å²) in [5.74, 6) is 0.276. The third-order valence-electron chi connectivity index (χ3n) is 8.94. The van der Waals surface area contributed by atoms with Gasteiger partial charge in [-0.15, -0.1) is 11.3 Å². The zero-order valence-corrected chi connectivity index (χ0v) is 34.4. The van der Waals surface area contributed by atoms with E-state index in [1.165, 1.54) is 40.5 Å². The molecule has 8 rings (SSSR count). The van der Waals surface area contributed by atoms with Crippen LogP contribution in [0, 0.1) is 13.8 Å². The summed E-state index contributed by atoms with van der Waals surface area (Å²) in [6.45, 7) is 11.2. The van der Waals surface area contributed by atoms with E-state index in [-0.39, 0.29) is 22.2 Å². The number of pyridine rings is 1. The number of hydrogen-bond donors (Lipinski definition) is 1. The summed E-state index contributed by atoms with van der Waals surface area (Å²) < 4.78 is 2.65. The lowest BCUT2D eigenvalue weighted by Gasteiger charge is -2.20. The topological polar surface area (TPSA) is 160 Å². The number of aromatic nitrogens is 4. The highest BCUT2D eigenvalue weighted by atomic mass is 32.2. The number of amidine groups is 1. The highest BCUT2D eigenvalue weighted by Crippen LogP contribution is 2.31. The number of anilines is 1. The standard InChI is InChI=1S/C23H23N5O.C18H14N4O3S3/c1-4-27(5-2)19-13-11-18(12-14-19)25-22-21(17-9-7-6-8-10-17)26-23-24-16(3)15-20(29)28(22)23;1-8(23)19-18-21-14-11(16(24)22(3)17(25)15(14)28-18)6-12-13(20-9(2)27-12)10-4-5-26-7-10/h6-15H,4-5H2,1-3H3;4-7,25H,1-3H3/b;11-6-,19-18?. The summed E-state index contributed by atoms with van der Waals surface area (Å²) in [4.78, 5) is 67.0. The van der Waals surface area contributed by atoms with Crippen molar-refractivity contribution in [1.29, 1.82) is 0 Å². The number of thioether (sulfide) groups is 1. The van der Waals surface area contributed by atoms with Gasteiger partial charge in [-0.2, -0.15) is 16.3 Å². The summed E-state index contributed by atoms with van der Waals surface area (Å²) >= 11 is 4.12. The Morgan fingerprint density at radius 2 is 1.70 bits per heavy atom. The summed E-state index contributed by atoms with van der Waals surface area (Å²) in [5.41, 5.74) is 5.32. The average Bonchev–Trinajstić information content (AvgIpc) is 4.01. The first-order valence-electron chi connectivity index (χ1n) is 17.9. The number of aromatic hydroxyl groups is 1. The van der Waals surface area contributed by atoms with Crippen LogP contribution in [0.25, 0.3) is 17.3 Å². The third kappa shape index (κ3) is 8.10. The van der Waals surface area contributed by atoms with Crippen molar-refractivity contribution >= 4 is 80.5 Å². The lowest BCUT2D eigenvalue weighted by atomic mass is 10.1. The molecule has 0 saturated carbocycles. The first kappa shape index (κ1) is 39.1. The molecule has 4 aromatic heterocycles. The van der Waals surface area contributed by atoms with E-state index in [2.05, 4.69) is 55.8 Å². The van der Waals surface area contributed by atoms with Crippen molar-refractivity contribution in [1.82, 2.24) is 19.1 Å². The zero-order valence-electron chi connectivity index (χ0n) is 31.9. The van der Waals surface area contributed by atoms with E-state index >= 15 is 0 Å². The number of thiophene rings is 1. The van der Waals surface area contributed by atoms with Gasteiger partial charge in [0.15, 0.2) is 11.0 Å². The summed E-state index contributed by atoms with van der Waals surface area (Å²) in [6.07, 6.45) is 1.75. The monoisotopic (exact) mass is 815 g/mol. The molecule has 0 fully saturated rings. The number of carbonyl (C=O) groups is 1. The van der Waals surface area contributed by atoms with E-state index in [1.54, 1.807) is 24.3 Å². The molecule has 0 bridgehead atoms. The molecular formula is C41H37N9O4S3. The van der Waals surface area contributed by atoms with Crippen molar-refractivity contribution in [3.63, 3.8) is 0 Å². The van der Waals surface area contributed by atoms with Crippen molar-refractivity contribution in [3.05, 3.63) is 130 Å². The number of nitrogens with zero attached hydrogens (tertiary/aromatic N) is 9. The number of aliphatic imine (C=N–C) groups is 3. The summed E-state index contributed by atoms with van der Waals surface area (Å²) in [6, 6.07) is 21.3. The highest BCUT2D eigenvalue weighted by Gasteiger charge is 2.27. The fourth-order valence-electron chi connectivity index (χ4n) is 6.22. The van der Waals surface area contributed by atoms with Crippen LogP contribution < -0.4 is 26.6 Å². The second-order valence-electron chi connectivity index (χ2n) is 12.8. The molecular weight excluding hydrogens is 779 g/mol. The fourth-order valence-corrected chi connectivity index (χ4v) is 8.72. The van der Waals surface area contributed by atoms with Crippen LogP contribution in [-0.4, -0.2) is 59.9 Å². The van der Waals surface area contributed by atoms with Gasteiger partial charge in [0.2, 0.25) is 17.7 Å². The van der Waals surface area contributed by atoms with E-state index in [9.17, 15) is 19.5 Å². The van der Waals surface area contributed by atoms with Crippen LogP contribution in [0.4, 0.5) is 17.3 Å². The van der Waals surface area contributed by atoms with Crippen LogP contribution in [0.5, 0.6) is 5.88 Å². The van der Waals surface area contributed by atoms with Gasteiger partial charge < -0.3 is 10.0 Å². The van der Waals surface area contributed by atoms with Gasteiger partial charge in [0.05, 0.1) is 31.8 Å². The minimum Gasteiger partial charge on any atom is -0.494 e. The maximum absolute atomic E-state index is 12.9. The van der Waals surface area contributed by atoms with Crippen molar-refractivity contribution < 1.29 is 9.90 Å². The molecule has 6 aromatic rings. The number of benzene rings is 2. The molecule has 1 amide bonds. The van der Waals surface area contributed by atoms with Crippen LogP contribution in [0.2, 0.25) is 0 Å². The van der Waals surface area contributed by atoms with Crippen LogP contribution >= 0.6 is 34.4 Å². The second kappa shape index (κ2) is 16.6. The van der Waals surface area contributed by atoms with Crippen molar-refractivity contribution in [2.24, 2.45) is 27.0 Å². The maximum Gasteiger partial charge on any atom is 0.262 e. The number of fused-ring (bicyclic) bond motifs is 2. The molecule has 0 unspecified atom stereocenters. The Labute approximate surface area is 339 Å². The first-order valence-corrected chi connectivity index (χ1v) is 20.5. The predicted molar refractivity (Wildman–Crippen MR) is 230 cm³/mol. The number of hydrogen-bond acceptors (Lipinski definition) is 12. The lowest BCUT2D eigenvalue weighted by molar-refractivity contribution is -0.115. The van der Waals surface area contributed by atoms with Gasteiger partial charge in [0, 0.05) is 61.0 Å². The highest BCUT2D eigenvalue weighted by molar-refractivity contribution is 8.14. The minimum absolute atomic E-state index is 0.180. The van der Waals surface area contributed by atoms with Gasteiger partial charge in [-0.3, -0.25) is 19.0 Å². The van der Waals surface area contributed by atoms with Crippen molar-refractivity contribution in [2.45, 2.75) is 39.5 Å². The third-order valence-corrected chi connectivity index (χ3v) is 11.5. The average molecular weight is 816 g/mol. The molecule has 0 spiro atoms. The van der Waals surface area contributed by atoms with Gasteiger partial charge in [0.1, 0.15) is 10.6 Å². The van der Waals surface area contributed by atoms with Crippen LogP contribution in [0.1, 0.15) is 41.9 Å². The number of carbonyl (C=O) groups excluding carboxylic acids is 1. The zero-order chi connectivity index (χ0) is 40.4. The second-order valence-corrected chi connectivity index (χ2v) is 15.8. The van der Waals surface area contributed by atoms with Gasteiger partial charge in [-0.1, -0.05) is 30.3 Å². The molecule has 288 valence electrons. The molecule has 13 nitrogen and oxygen atoms in total. The van der Waals surface area contributed by atoms with E-state index in [0.717, 1.165) is 62.9 Å². The van der Waals surface area contributed by atoms with E-state index in [0.29, 0.717) is 38.7 Å². The largest absolute Gasteiger partial charge is 0.494 e. The Bertz CT molecular complexity index is 2850. The minimum atomic E-state index is -0.395. The Morgan fingerprint density at radius 3 is 2.37 bits per heavy atom. The normalized spacial score (nSPS) is 14.6. The van der Waals surface area contributed by atoms with E-state index < -0.39 is 5.91 Å². The van der Waals surface area contributed by atoms with Crippen LogP contribution in [0.15, 0.2) is 112 Å². The molecule has 0 atom stereocenters. The predicted octanol–water partition coefficient (Wildman–Crippen LogP) is 6.15. The Hall–Kier alpha value is -6.10. The summed E-state index contributed by atoms with van der Waals surface area (Å²) in [7, 11) is 1.49. The van der Waals surface area contributed by atoms with Gasteiger partial charge >= 0.3 is 0 Å². The SMILES string of the molecule is CC(=O)N=C1N=c2c(c(O)n(C)c(=O)/c2=C\c2sc(C)nc2-c2ccsc2)S1.CCN(CC)c1ccc(N=C2C(c3ccccc3)=Nc3nc(C)cc(=O)n32)cc1. The Morgan fingerprint density at radius 1 is 0.965 bits per heavy atom. The van der Waals surface area contributed by atoms with Crippen molar-refractivity contribution in [2.75, 3.05) is 18.0 Å². The molecule has 16 heteroatoms. The maximum atomic E-state index is 12.9. The van der Waals surface area contributed by atoms with Crippen LogP contribution in [0.3, 0.4) is 0 Å². The first-order chi connectivity index (χ1) is 27.4. The van der Waals surface area contributed by atoms with E-state index in [1.807, 2.05) is 66.2 Å². The molecule has 0 aliphatic carbocycles. The van der Waals surface area contributed by atoms with E-state index in [4.69, 9.17) is 4.99 Å². The van der Waals surface area contributed by atoms with Crippen molar-refractivity contribution in [3.8, 4) is 17.1 Å². The number of thiazole rings is 1. The Kier molecular flexibility index (Phi) is 11.4. The quantitative estimate of drug-likeness (QED) is 0.201. The molecule has 0 saturated heterocycles. The van der Waals surface area contributed by atoms with Gasteiger partial charge in [-0.05, 0) is 81.2 Å². The molecule has 1 N–H and O–H groups in total. The molecule has 2 aliphatic heterocycles. The number of rotatable bonds is 7. The lowest BCUT2D eigenvalue weighted by Crippen LogP contribution is -2.44. The molecule has 2 aromatic carbocycles. The van der Waals surface area contributed by atoms with Gasteiger partial charge in [0.25, 0.3) is 11.1 Å². The fraction of sp³-hybridized carbons (Fsp3) is 0.195. The number of aryl methyl sites for hydroxylation is 2. The molecule has 57 heavy (non-hydrogen) atoms. The molecule has 0 radical (unpaired) electrons. The van der Waals surface area contributed by atoms with Gasteiger partial charge in [-0.25, -0.2) is 29.5 Å². The van der Waals surface area contributed by atoms with Crippen LogP contribution in [-0.2, 0) is 11.8 Å². The molecule has 6 heterocycles. The summed E-state index contributed by atoms with van der Waals surface area (Å²) in [5, 5.41) is 16.1. The smallest absolute Gasteiger partial charge is 0.262 e. The molecule has 2 aliphatic rings. The number of amides is 1. The Balaban J connectivity index is 0.000000174.